The third-order valence-corrected chi connectivity index (χ3v) is 2.38. The Bertz CT molecular complexity index is 485. The van der Waals surface area contributed by atoms with Gasteiger partial charge in [-0.3, -0.25) is 0 Å². The van der Waals surface area contributed by atoms with E-state index in [0.29, 0.717) is 16.6 Å². The van der Waals surface area contributed by atoms with Crippen LogP contribution in [0.4, 0.5) is 5.69 Å². The summed E-state index contributed by atoms with van der Waals surface area (Å²) < 4.78 is 5.18. The maximum absolute atomic E-state index is 5.97. The molecule has 0 aliphatic rings. The highest BCUT2D eigenvalue weighted by molar-refractivity contribution is 6.35. The molecule has 2 N–H and O–H groups in total. The fourth-order valence-corrected chi connectivity index (χ4v) is 1.67. The van der Waals surface area contributed by atoms with Crippen LogP contribution >= 0.6 is 11.6 Å². The first-order valence-corrected chi connectivity index (χ1v) is 4.48. The summed E-state index contributed by atoms with van der Waals surface area (Å²) in [5.41, 5.74) is 6.48. The summed E-state index contributed by atoms with van der Waals surface area (Å²) in [6.45, 7) is 0. The number of hydrogen-bond acceptors (Lipinski definition) is 3. The summed E-state index contributed by atoms with van der Waals surface area (Å²) in [4.78, 5) is 3.99. The SMILES string of the molecule is COc1ccc(N)c2ccnc(Cl)c12. The van der Waals surface area contributed by atoms with E-state index in [9.17, 15) is 0 Å². The smallest absolute Gasteiger partial charge is 0.140 e. The number of pyridine rings is 1. The molecule has 4 heteroatoms. The standard InChI is InChI=1S/C10H9ClN2O/c1-14-8-3-2-7(12)6-4-5-13-10(11)9(6)8/h2-5H,12H2,1H3. The average molecular weight is 209 g/mol. The van der Waals surface area contributed by atoms with E-state index < -0.39 is 0 Å². The fourth-order valence-electron chi connectivity index (χ4n) is 1.42. The molecule has 3 nitrogen and oxygen atoms in total. The summed E-state index contributed by atoms with van der Waals surface area (Å²) >= 11 is 5.97. The van der Waals surface area contributed by atoms with E-state index in [0.717, 1.165) is 10.8 Å². The number of rotatable bonds is 1. The number of hydrogen-bond donors (Lipinski definition) is 1. The van der Waals surface area contributed by atoms with Gasteiger partial charge in [-0.05, 0) is 18.2 Å². The monoisotopic (exact) mass is 208 g/mol. The van der Waals surface area contributed by atoms with E-state index in [4.69, 9.17) is 22.1 Å². The molecule has 0 bridgehead atoms. The quantitative estimate of drug-likeness (QED) is 0.579. The number of benzene rings is 1. The number of methoxy groups -OCH3 is 1. The van der Waals surface area contributed by atoms with Crippen LogP contribution in [0, 0.1) is 0 Å². The van der Waals surface area contributed by atoms with Crippen LogP contribution in [0.3, 0.4) is 0 Å². The molecule has 0 unspecified atom stereocenters. The van der Waals surface area contributed by atoms with Crippen molar-refractivity contribution in [1.82, 2.24) is 4.98 Å². The Hall–Kier alpha value is -1.48. The van der Waals surface area contributed by atoms with Crippen molar-refractivity contribution in [2.45, 2.75) is 0 Å². The molecule has 1 aromatic carbocycles. The number of ether oxygens (including phenoxy) is 1. The van der Waals surface area contributed by atoms with E-state index in [1.54, 1.807) is 25.4 Å². The van der Waals surface area contributed by atoms with Crippen LogP contribution in [0.1, 0.15) is 0 Å². The number of anilines is 1. The highest BCUT2D eigenvalue weighted by Crippen LogP contribution is 2.33. The molecular weight excluding hydrogens is 200 g/mol. The lowest BCUT2D eigenvalue weighted by Gasteiger charge is -2.07. The van der Waals surface area contributed by atoms with Crippen molar-refractivity contribution in [2.24, 2.45) is 0 Å². The van der Waals surface area contributed by atoms with Gasteiger partial charge in [-0.25, -0.2) is 4.98 Å². The van der Waals surface area contributed by atoms with Gasteiger partial charge >= 0.3 is 0 Å². The lowest BCUT2D eigenvalue weighted by atomic mass is 10.1. The predicted octanol–water partition coefficient (Wildman–Crippen LogP) is 2.48. The molecule has 1 heterocycles. The van der Waals surface area contributed by atoms with Crippen molar-refractivity contribution in [3.8, 4) is 5.75 Å². The third-order valence-electron chi connectivity index (χ3n) is 2.10. The number of nitrogens with zero attached hydrogens (tertiary/aromatic N) is 1. The van der Waals surface area contributed by atoms with Crippen LogP contribution in [0.25, 0.3) is 10.8 Å². The summed E-state index contributed by atoms with van der Waals surface area (Å²) in [6.07, 6.45) is 1.63. The van der Waals surface area contributed by atoms with E-state index >= 15 is 0 Å². The molecule has 14 heavy (non-hydrogen) atoms. The average Bonchev–Trinajstić information content (AvgIpc) is 2.20. The topological polar surface area (TPSA) is 48.1 Å². The van der Waals surface area contributed by atoms with Gasteiger partial charge < -0.3 is 10.5 Å². The van der Waals surface area contributed by atoms with Crippen molar-refractivity contribution in [3.63, 3.8) is 0 Å². The minimum absolute atomic E-state index is 0.409. The Labute approximate surface area is 86.5 Å². The van der Waals surface area contributed by atoms with Crippen LogP contribution in [0.2, 0.25) is 5.15 Å². The first kappa shape index (κ1) is 9.09. The normalized spacial score (nSPS) is 10.4. The molecule has 0 spiro atoms. The molecule has 0 aliphatic heterocycles. The second kappa shape index (κ2) is 3.35. The van der Waals surface area contributed by atoms with Crippen molar-refractivity contribution in [1.29, 1.82) is 0 Å². The van der Waals surface area contributed by atoms with E-state index in [-0.39, 0.29) is 0 Å². The molecular formula is C10H9ClN2O. The van der Waals surface area contributed by atoms with Gasteiger partial charge in [-0.2, -0.15) is 0 Å². The zero-order valence-corrected chi connectivity index (χ0v) is 8.38. The van der Waals surface area contributed by atoms with Gasteiger partial charge in [0.15, 0.2) is 0 Å². The van der Waals surface area contributed by atoms with Gasteiger partial charge in [0.2, 0.25) is 0 Å². The van der Waals surface area contributed by atoms with Gasteiger partial charge in [-0.1, -0.05) is 11.6 Å². The van der Waals surface area contributed by atoms with E-state index in [2.05, 4.69) is 4.98 Å². The number of halogens is 1. The minimum Gasteiger partial charge on any atom is -0.496 e. The van der Waals surface area contributed by atoms with Gasteiger partial charge in [-0.15, -0.1) is 0 Å². The van der Waals surface area contributed by atoms with Crippen molar-refractivity contribution in [2.75, 3.05) is 12.8 Å². The molecule has 0 fully saturated rings. The largest absolute Gasteiger partial charge is 0.496 e. The van der Waals surface area contributed by atoms with Gasteiger partial charge in [0.1, 0.15) is 10.9 Å². The molecule has 0 saturated heterocycles. The number of nitrogen functional groups attached to an aromatic ring is 1. The number of aromatic nitrogens is 1. The Morgan fingerprint density at radius 3 is 2.86 bits per heavy atom. The zero-order chi connectivity index (χ0) is 10.1. The van der Waals surface area contributed by atoms with Crippen molar-refractivity contribution < 1.29 is 4.74 Å². The van der Waals surface area contributed by atoms with E-state index in [1.165, 1.54) is 0 Å². The molecule has 1 aromatic heterocycles. The molecule has 72 valence electrons. The zero-order valence-electron chi connectivity index (χ0n) is 7.62. The first-order chi connectivity index (χ1) is 6.74. The van der Waals surface area contributed by atoms with Crippen LogP contribution < -0.4 is 10.5 Å². The molecule has 0 aliphatic carbocycles. The van der Waals surface area contributed by atoms with Gasteiger partial charge in [0, 0.05) is 17.3 Å². The summed E-state index contributed by atoms with van der Waals surface area (Å²) in [5.74, 6) is 0.687. The maximum Gasteiger partial charge on any atom is 0.140 e. The molecule has 0 saturated carbocycles. The lowest BCUT2D eigenvalue weighted by Crippen LogP contribution is -1.92. The Balaban J connectivity index is 2.92. The van der Waals surface area contributed by atoms with Crippen molar-refractivity contribution in [3.05, 3.63) is 29.5 Å². The third kappa shape index (κ3) is 1.26. The summed E-state index contributed by atoms with van der Waals surface area (Å²) in [5, 5.41) is 2.03. The first-order valence-electron chi connectivity index (χ1n) is 4.10. The van der Waals surface area contributed by atoms with E-state index in [1.807, 2.05) is 6.07 Å². The molecule has 0 radical (unpaired) electrons. The Morgan fingerprint density at radius 1 is 1.36 bits per heavy atom. The minimum atomic E-state index is 0.409. The van der Waals surface area contributed by atoms with Gasteiger partial charge in [0.05, 0.1) is 12.5 Å². The number of nitrogens with two attached hydrogens (primary N) is 1. The van der Waals surface area contributed by atoms with Crippen LogP contribution in [-0.2, 0) is 0 Å². The van der Waals surface area contributed by atoms with Crippen LogP contribution in [0.5, 0.6) is 5.75 Å². The highest BCUT2D eigenvalue weighted by atomic mass is 35.5. The van der Waals surface area contributed by atoms with Crippen LogP contribution in [0.15, 0.2) is 24.4 Å². The Kier molecular flexibility index (Phi) is 2.17. The molecule has 0 amide bonds. The molecule has 2 aromatic rings. The van der Waals surface area contributed by atoms with Gasteiger partial charge in [0.25, 0.3) is 0 Å². The fraction of sp³-hybridized carbons (Fsp3) is 0.100. The maximum atomic E-state index is 5.97. The van der Waals surface area contributed by atoms with Crippen molar-refractivity contribution >= 4 is 28.1 Å². The highest BCUT2D eigenvalue weighted by Gasteiger charge is 2.08. The Morgan fingerprint density at radius 2 is 2.14 bits per heavy atom. The lowest BCUT2D eigenvalue weighted by molar-refractivity contribution is 0.420. The molecule has 2 rings (SSSR count). The second-order valence-corrected chi connectivity index (χ2v) is 3.24. The van der Waals surface area contributed by atoms with Crippen LogP contribution in [-0.4, -0.2) is 12.1 Å². The number of fused-ring (bicyclic) bond motifs is 1. The predicted molar refractivity (Wildman–Crippen MR) is 57.7 cm³/mol. The summed E-state index contributed by atoms with van der Waals surface area (Å²) in [6, 6.07) is 5.39. The molecule has 0 atom stereocenters. The summed E-state index contributed by atoms with van der Waals surface area (Å²) in [7, 11) is 1.59. The second-order valence-electron chi connectivity index (χ2n) is 2.88.